The Kier molecular flexibility index (Phi) is 7.67. The van der Waals surface area contributed by atoms with Crippen LogP contribution < -0.4 is 32.3 Å². The molecule has 0 unspecified atom stereocenters. The number of thiazole rings is 1. The van der Waals surface area contributed by atoms with E-state index in [1.54, 1.807) is 18.2 Å². The maximum absolute atomic E-state index is 13.6. The van der Waals surface area contributed by atoms with Gasteiger partial charge in [-0.2, -0.15) is 0 Å². The van der Waals surface area contributed by atoms with Crippen LogP contribution in [0.2, 0.25) is 0 Å². The minimum Gasteiger partial charge on any atom is -0.382 e. The Morgan fingerprint density at radius 3 is 2.37 bits per heavy atom. The van der Waals surface area contributed by atoms with E-state index in [9.17, 15) is 25.3 Å². The highest BCUT2D eigenvalue weighted by atomic mass is 32.2. The van der Waals surface area contributed by atoms with Crippen LogP contribution in [0.1, 0.15) is 18.4 Å². The topological polar surface area (TPSA) is 242 Å². The number of para-hydroxylation sites is 1. The van der Waals surface area contributed by atoms with Crippen molar-refractivity contribution in [3.8, 4) is 11.1 Å². The number of amidine groups is 1. The lowest BCUT2D eigenvalue weighted by Crippen LogP contribution is -2.37. The molecule has 4 rings (SSSR count). The van der Waals surface area contributed by atoms with Gasteiger partial charge in [-0.25, -0.2) is 46.8 Å². The summed E-state index contributed by atoms with van der Waals surface area (Å²) in [6.07, 6.45) is 1.55. The number of rotatable bonds is 8. The highest BCUT2D eigenvalue weighted by molar-refractivity contribution is 7.94. The van der Waals surface area contributed by atoms with Gasteiger partial charge < -0.3 is 11.1 Å². The molecule has 2 heterocycles. The Bertz CT molecular complexity index is 1750. The predicted octanol–water partition coefficient (Wildman–Crippen LogP) is -0.408. The summed E-state index contributed by atoms with van der Waals surface area (Å²) in [4.78, 5) is 3.15. The van der Waals surface area contributed by atoms with Gasteiger partial charge in [0.25, 0.3) is 0 Å². The number of fused-ring (bicyclic) bond motifs is 1. The largest absolute Gasteiger partial charge is 0.382 e. The summed E-state index contributed by atoms with van der Waals surface area (Å²) in [5, 5.41) is 11.6. The number of sulfonamides is 2. The van der Waals surface area contributed by atoms with Crippen LogP contribution in [0.4, 0.5) is 5.13 Å². The first-order valence-corrected chi connectivity index (χ1v) is 16.9. The van der Waals surface area contributed by atoms with E-state index in [4.69, 9.17) is 16.7 Å². The van der Waals surface area contributed by atoms with Gasteiger partial charge >= 0.3 is 0 Å². The summed E-state index contributed by atoms with van der Waals surface area (Å²) in [6, 6.07) is 7.52. The molecule has 2 aromatic carbocycles. The lowest BCUT2D eigenvalue weighted by molar-refractivity contribution is 0.495. The molecular weight excluding hydrogens is 577 g/mol. The Morgan fingerprint density at radius 2 is 1.76 bits per heavy atom. The highest BCUT2D eigenvalue weighted by Crippen LogP contribution is 2.40. The van der Waals surface area contributed by atoms with Crippen molar-refractivity contribution in [3.63, 3.8) is 0 Å². The Morgan fingerprint density at radius 1 is 1.08 bits per heavy atom. The summed E-state index contributed by atoms with van der Waals surface area (Å²) in [6.45, 7) is 0.909. The number of hydrazine groups is 1. The molecule has 14 nitrogen and oxygen atoms in total. The monoisotopic (exact) mass is 602 g/mol. The van der Waals surface area contributed by atoms with Crippen molar-refractivity contribution in [3.05, 3.63) is 35.9 Å². The Balaban J connectivity index is 2.06. The SMILES string of the molecule is CS(=O)(=O)Nc1nc2c(-c3ccc(S(=O)(=O)C4CCNCC4)c(S(N)(=O)=O)c3/C(N)=N/NN)cccc2s1. The number of primary sulfonamides is 1. The van der Waals surface area contributed by atoms with Crippen LogP contribution in [0, 0.1) is 0 Å². The van der Waals surface area contributed by atoms with E-state index in [1.807, 2.05) is 5.53 Å². The molecule has 18 heteroatoms. The number of nitrogens with zero attached hydrogens (tertiary/aromatic N) is 2. The third-order valence-electron chi connectivity index (χ3n) is 5.86. The molecule has 206 valence electrons. The molecule has 1 aliphatic heterocycles. The van der Waals surface area contributed by atoms with E-state index in [1.165, 1.54) is 12.1 Å². The first kappa shape index (κ1) is 28.1. The molecule has 0 atom stereocenters. The number of aromatic nitrogens is 1. The van der Waals surface area contributed by atoms with Gasteiger partial charge in [0.1, 0.15) is 4.90 Å². The molecule has 0 radical (unpaired) electrons. The minimum absolute atomic E-state index is 0.0820. The number of hydrogen-bond donors (Lipinski definition) is 6. The third kappa shape index (κ3) is 5.60. The normalized spacial score (nSPS) is 16.0. The van der Waals surface area contributed by atoms with E-state index in [0.29, 0.717) is 28.9 Å². The van der Waals surface area contributed by atoms with Gasteiger partial charge in [-0.15, -0.1) is 5.10 Å². The molecule has 0 bridgehead atoms. The molecule has 0 aliphatic carbocycles. The molecule has 1 aromatic heterocycles. The molecule has 1 fully saturated rings. The van der Waals surface area contributed by atoms with E-state index < -0.39 is 50.8 Å². The molecule has 3 aromatic rings. The second-order valence-corrected chi connectivity index (χ2v) is 15.0. The number of nitrogens with one attached hydrogen (secondary N) is 3. The summed E-state index contributed by atoms with van der Waals surface area (Å²) in [5.41, 5.74) is 8.65. The lowest BCUT2D eigenvalue weighted by atomic mass is 9.98. The van der Waals surface area contributed by atoms with Crippen LogP contribution in [0.3, 0.4) is 0 Å². The number of hydrogen-bond acceptors (Lipinski definition) is 12. The van der Waals surface area contributed by atoms with Gasteiger partial charge in [0.15, 0.2) is 20.8 Å². The number of piperidine rings is 1. The summed E-state index contributed by atoms with van der Waals surface area (Å²) in [5.74, 6) is 4.87. The first-order chi connectivity index (χ1) is 17.7. The predicted molar refractivity (Wildman–Crippen MR) is 146 cm³/mol. The fourth-order valence-electron chi connectivity index (χ4n) is 4.33. The van der Waals surface area contributed by atoms with Crippen molar-refractivity contribution >= 4 is 62.4 Å². The average Bonchev–Trinajstić information content (AvgIpc) is 3.24. The molecular formula is C20H26N8O6S4. The molecule has 0 amide bonds. The van der Waals surface area contributed by atoms with Crippen molar-refractivity contribution in [1.29, 1.82) is 0 Å². The zero-order chi connectivity index (χ0) is 27.9. The van der Waals surface area contributed by atoms with E-state index in [0.717, 1.165) is 17.6 Å². The molecule has 0 saturated carbocycles. The molecule has 1 saturated heterocycles. The lowest BCUT2D eigenvalue weighted by Gasteiger charge is -2.25. The first-order valence-electron chi connectivity index (χ1n) is 11.1. The highest BCUT2D eigenvalue weighted by Gasteiger charge is 2.36. The van der Waals surface area contributed by atoms with Crippen molar-refractivity contribution < 1.29 is 25.3 Å². The third-order valence-corrected chi connectivity index (χ3v) is 10.9. The average molecular weight is 603 g/mol. The van der Waals surface area contributed by atoms with E-state index in [2.05, 4.69) is 20.1 Å². The Labute approximate surface area is 223 Å². The zero-order valence-electron chi connectivity index (χ0n) is 20.0. The maximum Gasteiger partial charge on any atom is 0.240 e. The van der Waals surface area contributed by atoms with Crippen molar-refractivity contribution in [2.75, 3.05) is 24.1 Å². The quantitative estimate of drug-likeness (QED) is 0.0838. The van der Waals surface area contributed by atoms with Crippen LogP contribution in [0.25, 0.3) is 21.3 Å². The van der Waals surface area contributed by atoms with Crippen LogP contribution in [-0.4, -0.2) is 60.7 Å². The molecule has 9 N–H and O–H groups in total. The van der Waals surface area contributed by atoms with Gasteiger partial charge in [0, 0.05) is 11.1 Å². The van der Waals surface area contributed by atoms with Gasteiger partial charge in [0.05, 0.1) is 26.6 Å². The van der Waals surface area contributed by atoms with E-state index in [-0.39, 0.29) is 29.1 Å². The van der Waals surface area contributed by atoms with Crippen LogP contribution >= 0.6 is 11.3 Å². The summed E-state index contributed by atoms with van der Waals surface area (Å²) in [7, 11) is -12.5. The summed E-state index contributed by atoms with van der Waals surface area (Å²) < 4.78 is 79.5. The smallest absolute Gasteiger partial charge is 0.240 e. The van der Waals surface area contributed by atoms with Gasteiger partial charge in [-0.3, -0.25) is 4.72 Å². The van der Waals surface area contributed by atoms with Crippen LogP contribution in [-0.2, 0) is 29.9 Å². The fourth-order valence-corrected chi connectivity index (χ4v) is 9.43. The molecule has 38 heavy (non-hydrogen) atoms. The van der Waals surface area contributed by atoms with Crippen molar-refractivity contribution in [2.45, 2.75) is 27.9 Å². The molecule has 0 spiro atoms. The van der Waals surface area contributed by atoms with Gasteiger partial charge in [0.2, 0.25) is 20.0 Å². The number of benzene rings is 2. The van der Waals surface area contributed by atoms with Gasteiger partial charge in [-0.05, 0) is 43.6 Å². The fraction of sp³-hybridized carbons (Fsp3) is 0.300. The van der Waals surface area contributed by atoms with Crippen LogP contribution in [0.15, 0.2) is 45.2 Å². The maximum atomic E-state index is 13.6. The number of anilines is 1. The Hall–Kier alpha value is -2.87. The number of sulfone groups is 1. The second kappa shape index (κ2) is 10.4. The molecule has 1 aliphatic rings. The zero-order valence-corrected chi connectivity index (χ0v) is 23.3. The van der Waals surface area contributed by atoms with Crippen molar-refractivity contribution in [2.24, 2.45) is 21.8 Å². The van der Waals surface area contributed by atoms with Crippen molar-refractivity contribution in [1.82, 2.24) is 15.8 Å². The van der Waals surface area contributed by atoms with E-state index >= 15 is 0 Å². The summed E-state index contributed by atoms with van der Waals surface area (Å²) >= 11 is 1.05. The number of hydrazone groups is 1. The standard InChI is InChI=1S/C20H26N8O6S4/c1-36(29,30)27-20-25-17-13(3-2-4-14(17)35-20)12-5-6-15(37(31,32)11-7-9-24-10-8-11)18(38(23,33)34)16(12)19(21)26-28-22/h2-6,11,24,28H,7-10,22H2,1H3,(H2,21,26)(H,25,27)(H2,23,33,34). The minimum atomic E-state index is -4.69. The second-order valence-electron chi connectivity index (χ2n) is 8.53. The number of nitrogens with two attached hydrogens (primary N) is 3. The van der Waals surface area contributed by atoms with Crippen LogP contribution in [0.5, 0.6) is 0 Å². The van der Waals surface area contributed by atoms with Gasteiger partial charge in [-0.1, -0.05) is 29.5 Å².